The van der Waals surface area contributed by atoms with Crippen LogP contribution in [0.5, 0.6) is 5.75 Å². The molecule has 0 aliphatic carbocycles. The average molecular weight is 321 g/mol. The molecule has 1 aromatic carbocycles. The summed E-state index contributed by atoms with van der Waals surface area (Å²) in [6.07, 6.45) is 3.25. The van der Waals surface area contributed by atoms with E-state index in [4.69, 9.17) is 9.26 Å². The lowest BCUT2D eigenvalue weighted by molar-refractivity contribution is 0.0749. The Morgan fingerprint density at radius 3 is 2.91 bits per heavy atom. The van der Waals surface area contributed by atoms with Gasteiger partial charge in [-0.25, -0.2) is 4.39 Å². The molecule has 2 aromatic rings. The van der Waals surface area contributed by atoms with Gasteiger partial charge in [0, 0.05) is 6.04 Å². The van der Waals surface area contributed by atoms with Crippen molar-refractivity contribution in [2.24, 2.45) is 0 Å². The first-order chi connectivity index (χ1) is 11.2. The molecule has 1 fully saturated rings. The fourth-order valence-electron chi connectivity index (χ4n) is 2.74. The zero-order valence-corrected chi connectivity index (χ0v) is 12.8. The van der Waals surface area contributed by atoms with Crippen LogP contribution in [-0.4, -0.2) is 39.3 Å². The fourth-order valence-corrected chi connectivity index (χ4v) is 2.74. The highest BCUT2D eigenvalue weighted by molar-refractivity contribution is 5.22. The number of piperidine rings is 1. The number of aliphatic hydroxyl groups excluding tert-OH is 1. The standard InChI is InChI=1S/C16H20FN3O3/c17-12-4-6-14(7-5-12)22-11-15-18-16(23-19-15)9-20-8-2-1-3-13(20)10-21/h4-7,13,21H,1-3,8-11H2. The summed E-state index contributed by atoms with van der Waals surface area (Å²) in [6.45, 7) is 1.77. The second-order valence-corrected chi connectivity index (χ2v) is 5.65. The van der Waals surface area contributed by atoms with Crippen molar-refractivity contribution in [3.63, 3.8) is 0 Å². The second-order valence-electron chi connectivity index (χ2n) is 5.65. The monoisotopic (exact) mass is 321 g/mol. The Balaban J connectivity index is 1.54. The summed E-state index contributed by atoms with van der Waals surface area (Å²) in [5.74, 6) is 1.21. The smallest absolute Gasteiger partial charge is 0.240 e. The van der Waals surface area contributed by atoms with Gasteiger partial charge in [0.1, 0.15) is 11.6 Å². The van der Waals surface area contributed by atoms with Crippen molar-refractivity contribution < 1.29 is 18.8 Å². The van der Waals surface area contributed by atoms with Gasteiger partial charge in [0.2, 0.25) is 11.7 Å². The molecule has 1 aromatic heterocycles. The first kappa shape index (κ1) is 15.9. The topological polar surface area (TPSA) is 71.6 Å². The lowest BCUT2D eigenvalue weighted by atomic mass is 10.0. The molecule has 23 heavy (non-hydrogen) atoms. The number of likely N-dealkylation sites (tertiary alicyclic amines) is 1. The highest BCUT2D eigenvalue weighted by atomic mass is 19.1. The van der Waals surface area contributed by atoms with Gasteiger partial charge in [0.05, 0.1) is 13.2 Å². The summed E-state index contributed by atoms with van der Waals surface area (Å²) < 4.78 is 23.5. The van der Waals surface area contributed by atoms with Gasteiger partial charge in [0.25, 0.3) is 0 Å². The van der Waals surface area contributed by atoms with Crippen LogP contribution < -0.4 is 4.74 Å². The minimum atomic E-state index is -0.306. The fraction of sp³-hybridized carbons (Fsp3) is 0.500. The first-order valence-electron chi connectivity index (χ1n) is 7.79. The molecular weight excluding hydrogens is 301 g/mol. The number of aliphatic hydroxyl groups is 1. The molecule has 1 unspecified atom stereocenters. The lowest BCUT2D eigenvalue weighted by Gasteiger charge is -2.33. The quantitative estimate of drug-likeness (QED) is 0.879. The van der Waals surface area contributed by atoms with Gasteiger partial charge in [-0.2, -0.15) is 4.98 Å². The largest absolute Gasteiger partial charge is 0.485 e. The summed E-state index contributed by atoms with van der Waals surface area (Å²) in [5.41, 5.74) is 0. The zero-order chi connectivity index (χ0) is 16.1. The number of halogens is 1. The van der Waals surface area contributed by atoms with Crippen LogP contribution in [-0.2, 0) is 13.2 Å². The van der Waals surface area contributed by atoms with E-state index >= 15 is 0 Å². The van der Waals surface area contributed by atoms with Crippen LogP contribution in [0.15, 0.2) is 28.8 Å². The van der Waals surface area contributed by atoms with E-state index in [0.29, 0.717) is 24.0 Å². The second kappa shape index (κ2) is 7.52. The number of aromatic nitrogens is 2. The first-order valence-corrected chi connectivity index (χ1v) is 7.79. The molecule has 1 atom stereocenters. The molecule has 1 saturated heterocycles. The third kappa shape index (κ3) is 4.27. The molecule has 0 amide bonds. The Labute approximate surface area is 133 Å². The van der Waals surface area contributed by atoms with Crippen molar-refractivity contribution in [2.75, 3.05) is 13.2 Å². The molecule has 1 aliphatic heterocycles. The number of nitrogens with zero attached hydrogens (tertiary/aromatic N) is 3. The molecule has 7 heteroatoms. The van der Waals surface area contributed by atoms with Crippen LogP contribution in [0.1, 0.15) is 31.0 Å². The normalized spacial score (nSPS) is 19.0. The highest BCUT2D eigenvalue weighted by Gasteiger charge is 2.23. The predicted molar refractivity (Wildman–Crippen MR) is 80.2 cm³/mol. The van der Waals surface area contributed by atoms with E-state index in [1.165, 1.54) is 12.1 Å². The van der Waals surface area contributed by atoms with E-state index in [0.717, 1.165) is 25.8 Å². The van der Waals surface area contributed by atoms with Crippen molar-refractivity contribution in [1.82, 2.24) is 15.0 Å². The van der Waals surface area contributed by atoms with Crippen LogP contribution in [0.3, 0.4) is 0 Å². The van der Waals surface area contributed by atoms with Crippen molar-refractivity contribution >= 4 is 0 Å². The molecule has 3 rings (SSSR count). The SMILES string of the molecule is OCC1CCCCN1Cc1nc(COc2ccc(F)cc2)no1. The Morgan fingerprint density at radius 2 is 2.13 bits per heavy atom. The van der Waals surface area contributed by atoms with Gasteiger partial charge in [0.15, 0.2) is 6.61 Å². The Morgan fingerprint density at radius 1 is 1.30 bits per heavy atom. The summed E-state index contributed by atoms with van der Waals surface area (Å²) in [5, 5.41) is 13.3. The molecule has 0 saturated carbocycles. The summed E-state index contributed by atoms with van der Waals surface area (Å²) in [7, 11) is 0. The molecule has 124 valence electrons. The molecule has 0 radical (unpaired) electrons. The summed E-state index contributed by atoms with van der Waals surface area (Å²) in [4.78, 5) is 6.47. The maximum Gasteiger partial charge on any atom is 0.240 e. The maximum atomic E-state index is 12.8. The Bertz CT molecular complexity index is 617. The Hall–Kier alpha value is -1.99. The minimum Gasteiger partial charge on any atom is -0.485 e. The predicted octanol–water partition coefficient (Wildman–Crippen LogP) is 2.13. The average Bonchev–Trinajstić information content (AvgIpc) is 3.02. The third-order valence-electron chi connectivity index (χ3n) is 3.99. The van der Waals surface area contributed by atoms with Gasteiger partial charge in [-0.3, -0.25) is 4.90 Å². The lowest BCUT2D eigenvalue weighted by Crippen LogP contribution is -2.41. The van der Waals surface area contributed by atoms with Crippen LogP contribution in [0.25, 0.3) is 0 Å². The van der Waals surface area contributed by atoms with Crippen LogP contribution in [0, 0.1) is 5.82 Å². The van der Waals surface area contributed by atoms with Crippen LogP contribution in [0.2, 0.25) is 0 Å². The van der Waals surface area contributed by atoms with Gasteiger partial charge >= 0.3 is 0 Å². The van der Waals surface area contributed by atoms with Gasteiger partial charge in [-0.05, 0) is 43.7 Å². The Kier molecular flexibility index (Phi) is 5.19. The van der Waals surface area contributed by atoms with Gasteiger partial charge in [-0.15, -0.1) is 0 Å². The van der Waals surface area contributed by atoms with Crippen molar-refractivity contribution in [2.45, 2.75) is 38.5 Å². The zero-order valence-electron chi connectivity index (χ0n) is 12.8. The summed E-state index contributed by atoms with van der Waals surface area (Å²) >= 11 is 0. The van der Waals surface area contributed by atoms with Crippen LogP contribution in [0.4, 0.5) is 4.39 Å². The number of benzene rings is 1. The molecule has 1 N–H and O–H groups in total. The molecular formula is C16H20FN3O3. The molecule has 0 bridgehead atoms. The number of hydrogen-bond donors (Lipinski definition) is 1. The van der Waals surface area contributed by atoms with E-state index in [9.17, 15) is 9.50 Å². The van der Waals surface area contributed by atoms with Crippen LogP contribution >= 0.6 is 0 Å². The van der Waals surface area contributed by atoms with E-state index in [2.05, 4.69) is 15.0 Å². The van der Waals surface area contributed by atoms with E-state index in [-0.39, 0.29) is 25.1 Å². The van der Waals surface area contributed by atoms with Gasteiger partial charge < -0.3 is 14.4 Å². The molecule has 2 heterocycles. The van der Waals surface area contributed by atoms with Crippen molar-refractivity contribution in [1.29, 1.82) is 0 Å². The van der Waals surface area contributed by atoms with E-state index in [1.807, 2.05) is 0 Å². The maximum absolute atomic E-state index is 12.8. The van der Waals surface area contributed by atoms with Crippen molar-refractivity contribution in [3.8, 4) is 5.75 Å². The number of rotatable bonds is 6. The molecule has 1 aliphatic rings. The number of ether oxygens (including phenoxy) is 1. The number of hydrogen-bond acceptors (Lipinski definition) is 6. The highest BCUT2D eigenvalue weighted by Crippen LogP contribution is 2.19. The van der Waals surface area contributed by atoms with Gasteiger partial charge in [-0.1, -0.05) is 11.6 Å². The van der Waals surface area contributed by atoms with E-state index in [1.54, 1.807) is 12.1 Å². The van der Waals surface area contributed by atoms with E-state index < -0.39 is 0 Å². The third-order valence-corrected chi connectivity index (χ3v) is 3.99. The summed E-state index contributed by atoms with van der Waals surface area (Å²) in [6, 6.07) is 5.94. The molecule has 6 nitrogen and oxygen atoms in total. The molecule has 0 spiro atoms. The minimum absolute atomic E-state index is 0.147. The van der Waals surface area contributed by atoms with Crippen molar-refractivity contribution in [3.05, 3.63) is 41.8 Å².